The van der Waals surface area contributed by atoms with Gasteiger partial charge in [0, 0.05) is 13.7 Å². The normalized spacial score (nSPS) is 13.8. The molecule has 0 bridgehead atoms. The molecule has 0 aliphatic rings. The summed E-state index contributed by atoms with van der Waals surface area (Å²) in [6.07, 6.45) is 1.52. The van der Waals surface area contributed by atoms with Crippen molar-refractivity contribution in [1.29, 1.82) is 0 Å². The van der Waals surface area contributed by atoms with Crippen molar-refractivity contribution in [2.24, 2.45) is 5.73 Å². The maximum atomic E-state index is 5.90. The van der Waals surface area contributed by atoms with E-state index in [0.29, 0.717) is 31.3 Å². The number of methoxy groups -OCH3 is 1. The van der Waals surface area contributed by atoms with Gasteiger partial charge in [-0.3, -0.25) is 0 Å². The Labute approximate surface area is 108 Å². The average Bonchev–Trinajstić information content (AvgIpc) is 2.77. The van der Waals surface area contributed by atoms with Gasteiger partial charge in [-0.2, -0.15) is 4.98 Å². The molecule has 1 rings (SSSR count). The summed E-state index contributed by atoms with van der Waals surface area (Å²) in [4.78, 5) is 4.26. The summed E-state index contributed by atoms with van der Waals surface area (Å²) in [5, 5.41) is 3.87. The van der Waals surface area contributed by atoms with Crippen LogP contribution in [0.25, 0.3) is 0 Å². The molecule has 0 amide bonds. The minimum Gasteiger partial charge on any atom is -0.379 e. The van der Waals surface area contributed by atoms with Crippen LogP contribution >= 0.6 is 0 Å². The van der Waals surface area contributed by atoms with Crippen LogP contribution in [0.1, 0.15) is 44.9 Å². The third-order valence-corrected chi connectivity index (χ3v) is 2.59. The molecule has 1 aromatic rings. The Hall–Kier alpha value is -0.980. The van der Waals surface area contributed by atoms with E-state index >= 15 is 0 Å². The predicted octanol–water partition coefficient (Wildman–Crippen LogP) is 1.46. The van der Waals surface area contributed by atoms with E-state index in [0.717, 1.165) is 6.42 Å². The molecule has 0 spiro atoms. The van der Waals surface area contributed by atoms with Crippen LogP contribution in [0.2, 0.25) is 0 Å². The quantitative estimate of drug-likeness (QED) is 0.710. The second kappa shape index (κ2) is 6.82. The average molecular weight is 257 g/mol. The van der Waals surface area contributed by atoms with Crippen molar-refractivity contribution >= 4 is 0 Å². The fourth-order valence-electron chi connectivity index (χ4n) is 1.36. The van der Waals surface area contributed by atoms with Crippen LogP contribution in [0.4, 0.5) is 0 Å². The van der Waals surface area contributed by atoms with Crippen molar-refractivity contribution in [1.82, 2.24) is 10.1 Å². The Balaban J connectivity index is 2.52. The molecule has 0 aliphatic heterocycles. The molecular weight excluding hydrogens is 234 g/mol. The van der Waals surface area contributed by atoms with Crippen LogP contribution < -0.4 is 5.73 Å². The van der Waals surface area contributed by atoms with E-state index in [9.17, 15) is 0 Å². The smallest absolute Gasteiger partial charge is 0.229 e. The zero-order chi connectivity index (χ0) is 13.6. The molecule has 2 N–H and O–H groups in total. The summed E-state index contributed by atoms with van der Waals surface area (Å²) in [7, 11) is 1.65. The van der Waals surface area contributed by atoms with Crippen LogP contribution in [0.3, 0.4) is 0 Å². The van der Waals surface area contributed by atoms with Crippen LogP contribution in [0.15, 0.2) is 4.52 Å². The van der Waals surface area contributed by atoms with Crippen molar-refractivity contribution < 1.29 is 14.0 Å². The van der Waals surface area contributed by atoms with Gasteiger partial charge in [-0.25, -0.2) is 0 Å². The molecular formula is C12H23N3O3. The lowest BCUT2D eigenvalue weighted by molar-refractivity contribution is 0.0170. The first-order valence-electron chi connectivity index (χ1n) is 6.19. The number of ether oxygens (including phenoxy) is 2. The molecule has 0 aromatic carbocycles. The van der Waals surface area contributed by atoms with Gasteiger partial charge in [0.25, 0.3) is 0 Å². The Morgan fingerprint density at radius 3 is 2.78 bits per heavy atom. The molecule has 1 unspecified atom stereocenters. The zero-order valence-corrected chi connectivity index (χ0v) is 11.6. The first kappa shape index (κ1) is 15.1. The van der Waals surface area contributed by atoms with E-state index in [1.807, 2.05) is 20.8 Å². The Kier molecular flexibility index (Phi) is 5.71. The number of hydrogen-bond acceptors (Lipinski definition) is 6. The zero-order valence-electron chi connectivity index (χ0n) is 11.6. The molecule has 6 nitrogen and oxygen atoms in total. The molecule has 0 fully saturated rings. The molecule has 104 valence electrons. The molecule has 1 heterocycles. The Morgan fingerprint density at radius 1 is 1.44 bits per heavy atom. The molecule has 1 aromatic heterocycles. The van der Waals surface area contributed by atoms with E-state index in [-0.39, 0.29) is 11.6 Å². The third-order valence-electron chi connectivity index (χ3n) is 2.59. The summed E-state index contributed by atoms with van der Waals surface area (Å²) in [6.45, 7) is 7.06. The van der Waals surface area contributed by atoms with Crippen LogP contribution in [0.5, 0.6) is 0 Å². The van der Waals surface area contributed by atoms with E-state index < -0.39 is 0 Å². The van der Waals surface area contributed by atoms with Crippen molar-refractivity contribution in [3.8, 4) is 0 Å². The summed E-state index contributed by atoms with van der Waals surface area (Å²) in [5.74, 6) is 1.01. The van der Waals surface area contributed by atoms with Crippen LogP contribution in [0, 0.1) is 0 Å². The van der Waals surface area contributed by atoms with Gasteiger partial charge in [-0.15, -0.1) is 0 Å². The summed E-state index contributed by atoms with van der Waals surface area (Å²) >= 11 is 0. The molecule has 0 saturated carbocycles. The highest BCUT2D eigenvalue weighted by Gasteiger charge is 2.22. The molecule has 0 saturated heterocycles. The molecule has 6 heteroatoms. The molecule has 18 heavy (non-hydrogen) atoms. The van der Waals surface area contributed by atoms with Gasteiger partial charge < -0.3 is 19.7 Å². The van der Waals surface area contributed by atoms with Gasteiger partial charge >= 0.3 is 0 Å². The minimum absolute atomic E-state index is 0.327. The Bertz CT molecular complexity index is 352. The lowest BCUT2D eigenvalue weighted by Crippen LogP contribution is -2.25. The predicted molar refractivity (Wildman–Crippen MR) is 67.1 cm³/mol. The van der Waals surface area contributed by atoms with Crippen LogP contribution in [-0.4, -0.2) is 36.1 Å². The van der Waals surface area contributed by atoms with Gasteiger partial charge in [0.15, 0.2) is 5.82 Å². The monoisotopic (exact) mass is 257 g/mol. The minimum atomic E-state index is -0.347. The maximum absolute atomic E-state index is 5.90. The van der Waals surface area contributed by atoms with E-state index in [1.54, 1.807) is 7.11 Å². The lowest BCUT2D eigenvalue weighted by Gasteiger charge is -2.19. The van der Waals surface area contributed by atoms with Crippen molar-refractivity contribution in [3.05, 3.63) is 11.7 Å². The molecule has 0 aliphatic carbocycles. The highest BCUT2D eigenvalue weighted by atomic mass is 16.5. The van der Waals surface area contributed by atoms with Crippen molar-refractivity contribution in [2.75, 3.05) is 20.3 Å². The second-order valence-electron chi connectivity index (χ2n) is 4.87. The van der Waals surface area contributed by atoms with Crippen LogP contribution in [-0.2, 0) is 15.9 Å². The van der Waals surface area contributed by atoms with Gasteiger partial charge in [0.2, 0.25) is 5.89 Å². The number of nitrogens with zero attached hydrogens (tertiary/aromatic N) is 2. The maximum Gasteiger partial charge on any atom is 0.229 e. The molecule has 1 atom stereocenters. The second-order valence-corrected chi connectivity index (χ2v) is 4.87. The number of aromatic nitrogens is 2. The highest BCUT2D eigenvalue weighted by molar-refractivity contribution is 4.95. The largest absolute Gasteiger partial charge is 0.379 e. The third kappa shape index (κ3) is 4.72. The van der Waals surface area contributed by atoms with Gasteiger partial charge in [0.05, 0.1) is 24.7 Å². The number of hydrogen-bond donors (Lipinski definition) is 1. The SMILES string of the molecule is CCCOCC(N)c1noc(CC(C)(C)OC)n1. The Morgan fingerprint density at radius 2 is 2.17 bits per heavy atom. The molecule has 0 radical (unpaired) electrons. The fraction of sp³-hybridized carbons (Fsp3) is 0.833. The van der Waals surface area contributed by atoms with Crippen molar-refractivity contribution in [2.45, 2.75) is 45.3 Å². The van der Waals surface area contributed by atoms with Gasteiger partial charge in [0.1, 0.15) is 0 Å². The van der Waals surface area contributed by atoms with Gasteiger partial charge in [-0.1, -0.05) is 12.1 Å². The summed E-state index contributed by atoms with van der Waals surface area (Å²) < 4.78 is 15.8. The van der Waals surface area contributed by atoms with E-state index in [1.165, 1.54) is 0 Å². The first-order valence-corrected chi connectivity index (χ1v) is 6.19. The van der Waals surface area contributed by atoms with E-state index in [2.05, 4.69) is 10.1 Å². The first-order chi connectivity index (χ1) is 8.48. The summed E-state index contributed by atoms with van der Waals surface area (Å²) in [6, 6.07) is -0.347. The van der Waals surface area contributed by atoms with Gasteiger partial charge in [-0.05, 0) is 20.3 Å². The standard InChI is InChI=1S/C12H23N3O3/c1-5-6-17-8-9(13)11-14-10(18-15-11)7-12(2,3)16-4/h9H,5-8,13H2,1-4H3. The summed E-state index contributed by atoms with van der Waals surface area (Å²) in [5.41, 5.74) is 5.58. The number of nitrogens with two attached hydrogens (primary N) is 1. The number of rotatable bonds is 8. The van der Waals surface area contributed by atoms with Crippen molar-refractivity contribution in [3.63, 3.8) is 0 Å². The highest BCUT2D eigenvalue weighted by Crippen LogP contribution is 2.16. The van der Waals surface area contributed by atoms with E-state index in [4.69, 9.17) is 19.7 Å². The lowest BCUT2D eigenvalue weighted by atomic mass is 10.1. The fourth-order valence-corrected chi connectivity index (χ4v) is 1.36. The topological polar surface area (TPSA) is 83.4 Å².